The average molecular weight is 283 g/mol. The lowest BCUT2D eigenvalue weighted by Gasteiger charge is -2.32. The van der Waals surface area contributed by atoms with Gasteiger partial charge in [-0.1, -0.05) is 26.7 Å². The van der Waals surface area contributed by atoms with E-state index in [1.165, 1.54) is 0 Å². The Morgan fingerprint density at radius 3 is 2.50 bits per heavy atom. The van der Waals surface area contributed by atoms with E-state index in [9.17, 15) is 9.59 Å². The van der Waals surface area contributed by atoms with Gasteiger partial charge < -0.3 is 15.5 Å². The highest BCUT2D eigenvalue weighted by atomic mass is 16.2. The van der Waals surface area contributed by atoms with Gasteiger partial charge in [0.2, 0.25) is 11.8 Å². The third-order valence-electron chi connectivity index (χ3n) is 4.38. The Bertz CT molecular complexity index is 317. The Balaban J connectivity index is 2.46. The van der Waals surface area contributed by atoms with Crippen molar-refractivity contribution in [2.75, 3.05) is 27.2 Å². The molecule has 2 unspecified atom stereocenters. The summed E-state index contributed by atoms with van der Waals surface area (Å²) >= 11 is 0. The highest BCUT2D eigenvalue weighted by molar-refractivity contribution is 5.83. The van der Waals surface area contributed by atoms with Gasteiger partial charge in [0.15, 0.2) is 0 Å². The van der Waals surface area contributed by atoms with E-state index in [0.29, 0.717) is 37.9 Å². The molecule has 116 valence electrons. The Morgan fingerprint density at radius 2 is 2.05 bits per heavy atom. The van der Waals surface area contributed by atoms with Crippen LogP contribution in [0.15, 0.2) is 0 Å². The van der Waals surface area contributed by atoms with Crippen LogP contribution in [0.2, 0.25) is 0 Å². The van der Waals surface area contributed by atoms with Crippen LogP contribution >= 0.6 is 0 Å². The third kappa shape index (κ3) is 4.78. The number of carbonyl (C=O) groups excluding carboxylic acids is 2. The first-order valence-electron chi connectivity index (χ1n) is 7.70. The molecule has 1 fully saturated rings. The van der Waals surface area contributed by atoms with Gasteiger partial charge in [-0.25, -0.2) is 0 Å². The first-order valence-corrected chi connectivity index (χ1v) is 7.70. The Kier molecular flexibility index (Phi) is 6.99. The lowest BCUT2D eigenvalue weighted by molar-refractivity contribution is -0.129. The van der Waals surface area contributed by atoms with Crippen LogP contribution in [-0.2, 0) is 9.59 Å². The molecule has 1 heterocycles. The van der Waals surface area contributed by atoms with Crippen LogP contribution < -0.4 is 10.6 Å². The summed E-state index contributed by atoms with van der Waals surface area (Å²) in [5.41, 5.74) is 0. The van der Waals surface area contributed by atoms with Crippen molar-refractivity contribution in [3.63, 3.8) is 0 Å². The average Bonchev–Trinajstić information content (AvgIpc) is 2.43. The summed E-state index contributed by atoms with van der Waals surface area (Å²) in [4.78, 5) is 25.4. The third-order valence-corrected chi connectivity index (χ3v) is 4.38. The van der Waals surface area contributed by atoms with Crippen LogP contribution in [0.1, 0.15) is 39.5 Å². The standard InChI is InChI=1S/C15H29N3O2/c1-5-11(6-2)13(18(3)4)10-17-15(20)12-7-8-14(19)16-9-12/h11-13H,5-10H2,1-4H3,(H,16,19)(H,17,20). The Labute approximate surface area is 122 Å². The maximum absolute atomic E-state index is 12.2. The fraction of sp³-hybridized carbons (Fsp3) is 0.867. The minimum atomic E-state index is -0.0720. The molecule has 0 saturated carbocycles. The number of piperidine rings is 1. The molecule has 20 heavy (non-hydrogen) atoms. The predicted molar refractivity (Wildman–Crippen MR) is 80.3 cm³/mol. The number of hydrogen-bond acceptors (Lipinski definition) is 3. The maximum Gasteiger partial charge on any atom is 0.224 e. The number of hydrogen-bond donors (Lipinski definition) is 2. The largest absolute Gasteiger partial charge is 0.355 e. The number of amides is 2. The molecule has 0 radical (unpaired) electrons. The SMILES string of the molecule is CCC(CC)C(CNC(=O)C1CCC(=O)NC1)N(C)C. The highest BCUT2D eigenvalue weighted by Crippen LogP contribution is 2.17. The van der Waals surface area contributed by atoms with Crippen molar-refractivity contribution in [3.8, 4) is 0 Å². The number of rotatable bonds is 7. The molecule has 0 spiro atoms. The van der Waals surface area contributed by atoms with Gasteiger partial charge in [0.25, 0.3) is 0 Å². The first kappa shape index (κ1) is 17.0. The van der Waals surface area contributed by atoms with E-state index >= 15 is 0 Å². The van der Waals surface area contributed by atoms with Crippen molar-refractivity contribution in [2.45, 2.75) is 45.6 Å². The number of nitrogens with zero attached hydrogens (tertiary/aromatic N) is 1. The van der Waals surface area contributed by atoms with E-state index in [4.69, 9.17) is 0 Å². The molecular weight excluding hydrogens is 254 g/mol. The van der Waals surface area contributed by atoms with Crippen LogP contribution in [0, 0.1) is 11.8 Å². The topological polar surface area (TPSA) is 61.4 Å². The predicted octanol–water partition coefficient (Wildman–Crippen LogP) is 0.995. The van der Waals surface area contributed by atoms with Crippen molar-refractivity contribution >= 4 is 11.8 Å². The summed E-state index contributed by atoms with van der Waals surface area (Å²) in [5, 5.41) is 5.82. The van der Waals surface area contributed by atoms with E-state index < -0.39 is 0 Å². The van der Waals surface area contributed by atoms with E-state index in [0.717, 1.165) is 12.8 Å². The van der Waals surface area contributed by atoms with Gasteiger partial charge >= 0.3 is 0 Å². The second kappa shape index (κ2) is 8.25. The molecule has 0 aromatic heterocycles. The summed E-state index contributed by atoms with van der Waals surface area (Å²) in [6, 6.07) is 0.368. The van der Waals surface area contributed by atoms with E-state index in [2.05, 4.69) is 43.5 Å². The lowest BCUT2D eigenvalue weighted by Crippen LogP contribution is -2.48. The zero-order valence-electron chi connectivity index (χ0n) is 13.2. The second-order valence-electron chi connectivity index (χ2n) is 5.89. The molecule has 1 rings (SSSR count). The van der Waals surface area contributed by atoms with E-state index in [-0.39, 0.29) is 17.7 Å². The zero-order valence-corrected chi connectivity index (χ0v) is 13.2. The molecule has 1 aliphatic heterocycles. The van der Waals surface area contributed by atoms with Gasteiger partial charge in [-0.05, 0) is 26.4 Å². The van der Waals surface area contributed by atoms with Gasteiger partial charge in [-0.15, -0.1) is 0 Å². The van der Waals surface area contributed by atoms with Crippen LogP contribution in [0.3, 0.4) is 0 Å². The summed E-state index contributed by atoms with van der Waals surface area (Å²) in [6.45, 7) is 5.55. The quantitative estimate of drug-likeness (QED) is 0.732. The molecule has 0 aromatic rings. The summed E-state index contributed by atoms with van der Waals surface area (Å²) in [5.74, 6) is 0.647. The zero-order chi connectivity index (χ0) is 15.1. The van der Waals surface area contributed by atoms with Gasteiger partial charge in [0, 0.05) is 25.6 Å². The molecule has 2 amide bonds. The normalized spacial score (nSPS) is 20.9. The van der Waals surface area contributed by atoms with Crippen LogP contribution in [-0.4, -0.2) is 49.9 Å². The molecule has 1 aliphatic rings. The minimum Gasteiger partial charge on any atom is -0.355 e. The highest BCUT2D eigenvalue weighted by Gasteiger charge is 2.26. The molecule has 1 saturated heterocycles. The minimum absolute atomic E-state index is 0.0530. The molecule has 0 aliphatic carbocycles. The second-order valence-corrected chi connectivity index (χ2v) is 5.89. The van der Waals surface area contributed by atoms with Gasteiger partial charge in [-0.3, -0.25) is 9.59 Å². The molecule has 5 nitrogen and oxygen atoms in total. The molecular formula is C15H29N3O2. The summed E-state index contributed by atoms with van der Waals surface area (Å²) in [7, 11) is 4.13. The fourth-order valence-corrected chi connectivity index (χ4v) is 2.91. The number of carbonyl (C=O) groups is 2. The fourth-order valence-electron chi connectivity index (χ4n) is 2.91. The Morgan fingerprint density at radius 1 is 1.40 bits per heavy atom. The van der Waals surface area contributed by atoms with Crippen molar-refractivity contribution in [3.05, 3.63) is 0 Å². The lowest BCUT2D eigenvalue weighted by atomic mass is 9.92. The van der Waals surface area contributed by atoms with Crippen LogP contribution in [0.25, 0.3) is 0 Å². The molecule has 0 bridgehead atoms. The van der Waals surface area contributed by atoms with Gasteiger partial charge in [-0.2, -0.15) is 0 Å². The smallest absolute Gasteiger partial charge is 0.224 e. The van der Waals surface area contributed by atoms with Crippen molar-refractivity contribution < 1.29 is 9.59 Å². The van der Waals surface area contributed by atoms with Crippen LogP contribution in [0.4, 0.5) is 0 Å². The number of nitrogens with one attached hydrogen (secondary N) is 2. The molecule has 2 atom stereocenters. The molecule has 5 heteroatoms. The molecule has 0 aromatic carbocycles. The van der Waals surface area contributed by atoms with Gasteiger partial charge in [0.05, 0.1) is 5.92 Å². The van der Waals surface area contributed by atoms with Crippen molar-refractivity contribution in [2.24, 2.45) is 11.8 Å². The monoisotopic (exact) mass is 283 g/mol. The molecule has 2 N–H and O–H groups in total. The van der Waals surface area contributed by atoms with Gasteiger partial charge in [0.1, 0.15) is 0 Å². The maximum atomic E-state index is 12.2. The summed E-state index contributed by atoms with van der Waals surface area (Å²) in [6.07, 6.45) is 3.36. The number of likely N-dealkylation sites (N-methyl/N-ethyl adjacent to an activating group) is 1. The van der Waals surface area contributed by atoms with Crippen LogP contribution in [0.5, 0.6) is 0 Å². The van der Waals surface area contributed by atoms with Crippen molar-refractivity contribution in [1.29, 1.82) is 0 Å². The Hall–Kier alpha value is -1.10. The van der Waals surface area contributed by atoms with Crippen molar-refractivity contribution in [1.82, 2.24) is 15.5 Å². The van der Waals surface area contributed by atoms with E-state index in [1.54, 1.807) is 0 Å². The van der Waals surface area contributed by atoms with E-state index in [1.807, 2.05) is 0 Å². The summed E-state index contributed by atoms with van der Waals surface area (Å²) < 4.78 is 0. The first-order chi connectivity index (χ1) is 9.49.